The van der Waals surface area contributed by atoms with E-state index in [0.717, 1.165) is 30.8 Å². The summed E-state index contributed by atoms with van der Waals surface area (Å²) < 4.78 is 5.80. The Morgan fingerprint density at radius 3 is 2.79 bits per heavy atom. The Hall–Kier alpha value is -1.65. The summed E-state index contributed by atoms with van der Waals surface area (Å²) in [6.45, 7) is 4.19. The van der Waals surface area contributed by atoms with E-state index < -0.39 is 0 Å². The van der Waals surface area contributed by atoms with Gasteiger partial charge < -0.3 is 26.2 Å². The molecule has 0 amide bonds. The number of halogens is 1. The lowest BCUT2D eigenvalue weighted by molar-refractivity contribution is 0.0973. The molecule has 0 aromatic carbocycles. The molecule has 2 aliphatic rings. The number of hydrogen-bond donors (Lipinski definition) is 3. The van der Waals surface area contributed by atoms with Crippen molar-refractivity contribution in [2.45, 2.75) is 48.4 Å². The van der Waals surface area contributed by atoms with Gasteiger partial charge in [0.05, 0.1) is 30.5 Å². The molecule has 0 aliphatic carbocycles. The van der Waals surface area contributed by atoms with E-state index in [1.54, 1.807) is 18.5 Å². The third-order valence-corrected chi connectivity index (χ3v) is 7.43. The summed E-state index contributed by atoms with van der Waals surface area (Å²) in [5.41, 5.74) is 12.8. The van der Waals surface area contributed by atoms with Crippen LogP contribution in [0, 0.1) is 5.41 Å². The third-order valence-electron chi connectivity index (χ3n) is 5.95. The van der Waals surface area contributed by atoms with Gasteiger partial charge in [0.2, 0.25) is 0 Å². The number of rotatable bonds is 4. The summed E-state index contributed by atoms with van der Waals surface area (Å²) in [6, 6.07) is 1.83. The Kier molecular flexibility index (Phi) is 5.85. The van der Waals surface area contributed by atoms with Crippen molar-refractivity contribution in [3.63, 3.8) is 0 Å². The second kappa shape index (κ2) is 8.23. The van der Waals surface area contributed by atoms with Crippen molar-refractivity contribution in [3.05, 3.63) is 29.2 Å². The first kappa shape index (κ1) is 20.6. The number of nitrogens with two attached hydrogens (primary N) is 2. The maximum absolute atomic E-state index is 9.89. The highest BCUT2D eigenvalue weighted by Crippen LogP contribution is 2.42. The lowest BCUT2D eigenvalue weighted by Gasteiger charge is -2.41. The molecular formula is C19H25ClN6O2S. The summed E-state index contributed by atoms with van der Waals surface area (Å²) in [5.74, 6) is 0.988. The quantitative estimate of drug-likeness (QED) is 0.660. The fourth-order valence-electron chi connectivity index (χ4n) is 4.09. The Bertz CT molecular complexity index is 893. The first-order valence-electron chi connectivity index (χ1n) is 9.60. The molecule has 2 atom stereocenters. The van der Waals surface area contributed by atoms with Crippen LogP contribution in [0.15, 0.2) is 28.4 Å². The number of nitrogens with zero attached hydrogens (tertiary/aromatic N) is 4. The molecule has 2 aliphatic heterocycles. The molecule has 8 nitrogen and oxygen atoms in total. The topological polar surface area (TPSA) is 123 Å². The number of nitrogen functional groups attached to an aromatic ring is 1. The van der Waals surface area contributed by atoms with Gasteiger partial charge in [-0.1, -0.05) is 23.4 Å². The predicted molar refractivity (Wildman–Crippen MR) is 113 cm³/mol. The van der Waals surface area contributed by atoms with Crippen molar-refractivity contribution < 1.29 is 9.84 Å². The number of aromatic nitrogens is 3. The normalized spacial score (nSPS) is 23.7. The van der Waals surface area contributed by atoms with Crippen LogP contribution in [0.2, 0.25) is 5.02 Å². The minimum absolute atomic E-state index is 0.0382. The second-order valence-electron chi connectivity index (χ2n) is 7.64. The molecule has 2 aromatic rings. The zero-order chi connectivity index (χ0) is 20.6. The molecule has 10 heteroatoms. The fourth-order valence-corrected chi connectivity index (χ4v) is 5.13. The van der Waals surface area contributed by atoms with E-state index in [0.29, 0.717) is 28.2 Å². The zero-order valence-electron chi connectivity index (χ0n) is 16.2. The van der Waals surface area contributed by atoms with Gasteiger partial charge in [0.25, 0.3) is 0 Å². The first-order chi connectivity index (χ1) is 13.9. The SMILES string of the molecule is C[C@@H]1OCC2(CCN(c3ncc(Sc4ccnc(N)c4Cl)nc3CO)CC2)[C@@H]1N. The number of aliphatic hydroxyl groups excluding tert-OH is 1. The van der Waals surface area contributed by atoms with E-state index in [9.17, 15) is 5.11 Å². The molecule has 2 aromatic heterocycles. The van der Waals surface area contributed by atoms with Gasteiger partial charge in [-0.25, -0.2) is 15.0 Å². The molecular weight excluding hydrogens is 412 g/mol. The van der Waals surface area contributed by atoms with Gasteiger partial charge in [0.15, 0.2) is 5.82 Å². The van der Waals surface area contributed by atoms with Crippen LogP contribution in [0.1, 0.15) is 25.5 Å². The van der Waals surface area contributed by atoms with Crippen LogP contribution in [0.3, 0.4) is 0 Å². The molecule has 2 saturated heterocycles. The van der Waals surface area contributed by atoms with Crippen molar-refractivity contribution in [2.24, 2.45) is 11.1 Å². The number of pyridine rings is 1. The van der Waals surface area contributed by atoms with E-state index in [1.165, 1.54) is 11.8 Å². The highest BCUT2D eigenvalue weighted by molar-refractivity contribution is 7.99. The van der Waals surface area contributed by atoms with Gasteiger partial charge in [-0.15, -0.1) is 0 Å². The van der Waals surface area contributed by atoms with Crippen LogP contribution in [0.4, 0.5) is 11.6 Å². The minimum Gasteiger partial charge on any atom is -0.390 e. The number of hydrogen-bond acceptors (Lipinski definition) is 9. The zero-order valence-corrected chi connectivity index (χ0v) is 17.8. The third kappa shape index (κ3) is 3.89. The van der Waals surface area contributed by atoms with Gasteiger partial charge in [0.1, 0.15) is 16.5 Å². The number of anilines is 2. The Morgan fingerprint density at radius 2 is 2.14 bits per heavy atom. The lowest BCUT2D eigenvalue weighted by atomic mass is 9.73. The van der Waals surface area contributed by atoms with Crippen LogP contribution < -0.4 is 16.4 Å². The number of piperidine rings is 1. The summed E-state index contributed by atoms with van der Waals surface area (Å²) in [7, 11) is 0. The smallest absolute Gasteiger partial charge is 0.152 e. The maximum atomic E-state index is 9.89. The van der Waals surface area contributed by atoms with Crippen molar-refractivity contribution in [1.82, 2.24) is 15.0 Å². The largest absolute Gasteiger partial charge is 0.390 e. The van der Waals surface area contributed by atoms with E-state index in [4.69, 9.17) is 27.8 Å². The molecule has 4 heterocycles. The molecule has 0 unspecified atom stereocenters. The van der Waals surface area contributed by atoms with Crippen molar-refractivity contribution in [2.75, 3.05) is 30.3 Å². The highest BCUT2D eigenvalue weighted by atomic mass is 35.5. The summed E-state index contributed by atoms with van der Waals surface area (Å²) in [6.07, 6.45) is 5.27. The van der Waals surface area contributed by atoms with Crippen LogP contribution in [-0.2, 0) is 11.3 Å². The van der Waals surface area contributed by atoms with Crippen LogP contribution >= 0.6 is 23.4 Å². The highest BCUT2D eigenvalue weighted by Gasteiger charge is 2.47. The Balaban J connectivity index is 1.50. The molecule has 4 rings (SSSR count). The Morgan fingerprint density at radius 1 is 1.38 bits per heavy atom. The molecule has 5 N–H and O–H groups in total. The van der Waals surface area contributed by atoms with E-state index >= 15 is 0 Å². The van der Waals surface area contributed by atoms with E-state index in [-0.39, 0.29) is 30.0 Å². The van der Waals surface area contributed by atoms with Crippen molar-refractivity contribution in [3.8, 4) is 0 Å². The first-order valence-corrected chi connectivity index (χ1v) is 10.8. The van der Waals surface area contributed by atoms with Gasteiger partial charge in [-0.05, 0) is 25.8 Å². The van der Waals surface area contributed by atoms with Crippen LogP contribution in [-0.4, -0.2) is 51.9 Å². The molecule has 156 valence electrons. The van der Waals surface area contributed by atoms with Gasteiger partial charge in [-0.2, -0.15) is 0 Å². The summed E-state index contributed by atoms with van der Waals surface area (Å²) in [5, 5.41) is 10.9. The van der Waals surface area contributed by atoms with Crippen molar-refractivity contribution >= 4 is 35.0 Å². The predicted octanol–water partition coefficient (Wildman–Crippen LogP) is 2.08. The van der Waals surface area contributed by atoms with Crippen LogP contribution in [0.5, 0.6) is 0 Å². The van der Waals surface area contributed by atoms with E-state index in [2.05, 4.69) is 19.9 Å². The molecule has 2 fully saturated rings. The van der Waals surface area contributed by atoms with Crippen LogP contribution in [0.25, 0.3) is 0 Å². The molecule has 0 saturated carbocycles. The monoisotopic (exact) mass is 436 g/mol. The average Bonchev–Trinajstić information content (AvgIpc) is 3.01. The molecule has 29 heavy (non-hydrogen) atoms. The molecule has 0 bridgehead atoms. The van der Waals surface area contributed by atoms with Gasteiger partial charge in [0, 0.05) is 35.6 Å². The number of aliphatic hydroxyl groups is 1. The van der Waals surface area contributed by atoms with Crippen molar-refractivity contribution in [1.29, 1.82) is 0 Å². The standard InChI is InChI=1S/C19H25ClN6O2S/c1-11-16(21)19(10-28-11)3-6-26(7-4-19)18-12(9-27)25-14(8-24-18)29-13-2-5-23-17(22)15(13)20/h2,5,8,11,16,27H,3-4,6-7,9-10,21H2,1H3,(H2,22,23)/t11-,16+/m0/s1. The molecule has 0 radical (unpaired) electrons. The lowest BCUT2D eigenvalue weighted by Crippen LogP contribution is -2.51. The minimum atomic E-state index is -0.190. The van der Waals surface area contributed by atoms with Gasteiger partial charge in [-0.3, -0.25) is 0 Å². The summed E-state index contributed by atoms with van der Waals surface area (Å²) >= 11 is 7.56. The van der Waals surface area contributed by atoms with Gasteiger partial charge >= 0.3 is 0 Å². The summed E-state index contributed by atoms with van der Waals surface area (Å²) in [4.78, 5) is 16.1. The van der Waals surface area contributed by atoms with E-state index in [1.807, 2.05) is 6.92 Å². The fraction of sp³-hybridized carbons (Fsp3) is 0.526. The number of ether oxygens (including phenoxy) is 1. The Labute approximate surface area is 179 Å². The second-order valence-corrected chi connectivity index (χ2v) is 9.08. The molecule has 1 spiro atoms. The average molecular weight is 437 g/mol. The maximum Gasteiger partial charge on any atom is 0.152 e.